The molecule has 0 saturated heterocycles. The van der Waals surface area contributed by atoms with Gasteiger partial charge in [0.25, 0.3) is 0 Å². The molecule has 1 unspecified atom stereocenters. The van der Waals surface area contributed by atoms with Crippen molar-refractivity contribution in [1.29, 1.82) is 0 Å². The van der Waals surface area contributed by atoms with Crippen LogP contribution in [0.2, 0.25) is 0 Å². The van der Waals surface area contributed by atoms with Crippen LogP contribution in [0.15, 0.2) is 12.7 Å². The largest absolute Gasteiger partial charge is 0.396 e. The molecule has 0 fully saturated rings. The van der Waals surface area contributed by atoms with E-state index in [0.29, 0.717) is 25.6 Å². The lowest BCUT2D eigenvalue weighted by molar-refractivity contribution is -0.120. The summed E-state index contributed by atoms with van der Waals surface area (Å²) in [5, 5.41) is 14.5. The Bertz CT molecular complexity index is 183. The molecule has 0 bridgehead atoms. The maximum Gasteiger partial charge on any atom is 0.233 e. The van der Waals surface area contributed by atoms with Crippen LogP contribution in [0.4, 0.5) is 0 Å². The molecule has 0 saturated carbocycles. The molecule has 0 rings (SSSR count). The van der Waals surface area contributed by atoms with Gasteiger partial charge in [-0.2, -0.15) is 0 Å². The average molecular weight is 214 g/mol. The van der Waals surface area contributed by atoms with Gasteiger partial charge < -0.3 is 15.7 Å². The molecule has 4 nitrogen and oxygen atoms in total. The highest BCUT2D eigenvalue weighted by atomic mass is 16.3. The van der Waals surface area contributed by atoms with E-state index in [-0.39, 0.29) is 12.5 Å². The average Bonchev–Trinajstić information content (AvgIpc) is 2.24. The molecule has 0 spiro atoms. The zero-order valence-electron chi connectivity index (χ0n) is 9.46. The van der Waals surface area contributed by atoms with Crippen molar-refractivity contribution in [3.8, 4) is 0 Å². The van der Waals surface area contributed by atoms with Gasteiger partial charge in [0, 0.05) is 19.7 Å². The number of nitrogens with one attached hydrogen (secondary N) is 2. The van der Waals surface area contributed by atoms with Gasteiger partial charge in [0.2, 0.25) is 5.91 Å². The Hall–Kier alpha value is -0.870. The predicted octanol–water partition coefficient (Wildman–Crippen LogP) is 0.287. The zero-order chi connectivity index (χ0) is 11.5. The summed E-state index contributed by atoms with van der Waals surface area (Å²) in [7, 11) is 0. The third-order valence-corrected chi connectivity index (χ3v) is 2.08. The molecule has 0 aromatic rings. The Kier molecular flexibility index (Phi) is 9.11. The van der Waals surface area contributed by atoms with Crippen molar-refractivity contribution in [2.75, 3.05) is 26.2 Å². The number of carbonyl (C=O) groups is 1. The van der Waals surface area contributed by atoms with E-state index in [0.717, 1.165) is 12.8 Å². The molecule has 15 heavy (non-hydrogen) atoms. The third kappa shape index (κ3) is 9.43. The molecule has 0 heterocycles. The Morgan fingerprint density at radius 3 is 2.93 bits per heavy atom. The molecule has 0 aliphatic rings. The molecule has 1 atom stereocenters. The first-order valence-corrected chi connectivity index (χ1v) is 5.39. The fourth-order valence-electron chi connectivity index (χ4n) is 1.12. The van der Waals surface area contributed by atoms with Crippen LogP contribution in [0.5, 0.6) is 0 Å². The van der Waals surface area contributed by atoms with Gasteiger partial charge in [-0.15, -0.1) is 6.58 Å². The lowest BCUT2D eigenvalue weighted by Crippen LogP contribution is -2.34. The fraction of sp³-hybridized carbons (Fsp3) is 0.727. The fourth-order valence-corrected chi connectivity index (χ4v) is 1.12. The first-order valence-electron chi connectivity index (χ1n) is 5.39. The number of carbonyl (C=O) groups excluding carboxylic acids is 1. The van der Waals surface area contributed by atoms with E-state index in [9.17, 15) is 4.79 Å². The van der Waals surface area contributed by atoms with E-state index in [1.807, 2.05) is 6.92 Å². The molecular weight excluding hydrogens is 192 g/mol. The summed E-state index contributed by atoms with van der Waals surface area (Å²) in [5.74, 6) is 0.328. The van der Waals surface area contributed by atoms with Crippen LogP contribution in [0.1, 0.15) is 19.8 Å². The lowest BCUT2D eigenvalue weighted by atomic mass is 10.1. The van der Waals surface area contributed by atoms with Gasteiger partial charge in [-0.25, -0.2) is 0 Å². The second-order valence-corrected chi connectivity index (χ2v) is 3.70. The van der Waals surface area contributed by atoms with Gasteiger partial charge in [-0.1, -0.05) is 13.0 Å². The van der Waals surface area contributed by atoms with Crippen LogP contribution in [-0.2, 0) is 4.79 Å². The smallest absolute Gasteiger partial charge is 0.233 e. The summed E-state index contributed by atoms with van der Waals surface area (Å²) < 4.78 is 0. The molecule has 0 aliphatic carbocycles. The van der Waals surface area contributed by atoms with Gasteiger partial charge >= 0.3 is 0 Å². The molecule has 0 aromatic carbocycles. The second-order valence-electron chi connectivity index (χ2n) is 3.70. The quantitative estimate of drug-likeness (QED) is 0.382. The van der Waals surface area contributed by atoms with Crippen molar-refractivity contribution in [3.63, 3.8) is 0 Å². The minimum Gasteiger partial charge on any atom is -0.396 e. The number of aliphatic hydroxyl groups excluding tert-OH is 1. The van der Waals surface area contributed by atoms with Crippen LogP contribution in [-0.4, -0.2) is 37.3 Å². The van der Waals surface area contributed by atoms with E-state index in [2.05, 4.69) is 17.2 Å². The van der Waals surface area contributed by atoms with E-state index in [4.69, 9.17) is 5.11 Å². The van der Waals surface area contributed by atoms with Gasteiger partial charge in [0.05, 0.1) is 6.54 Å². The first-order chi connectivity index (χ1) is 7.20. The minimum absolute atomic E-state index is 0.00787. The lowest BCUT2D eigenvalue weighted by Gasteiger charge is -2.08. The maximum atomic E-state index is 11.2. The topological polar surface area (TPSA) is 61.4 Å². The Labute approximate surface area is 91.8 Å². The van der Waals surface area contributed by atoms with Gasteiger partial charge in [0.1, 0.15) is 0 Å². The number of rotatable bonds is 9. The molecule has 1 amide bonds. The van der Waals surface area contributed by atoms with Crippen molar-refractivity contribution in [2.24, 2.45) is 5.92 Å². The van der Waals surface area contributed by atoms with Crippen LogP contribution in [0.3, 0.4) is 0 Å². The highest BCUT2D eigenvalue weighted by molar-refractivity contribution is 5.77. The molecule has 4 heteroatoms. The second kappa shape index (κ2) is 9.68. The molecule has 88 valence electrons. The minimum atomic E-state index is 0.00787. The standard InChI is InChI=1S/C11H22N2O2/c1-3-6-12-8-11(15)13-7-4-5-10(2)9-14/h3,10,12,14H,1,4-9H2,2H3,(H,13,15). The predicted molar refractivity (Wildman–Crippen MR) is 61.6 cm³/mol. The Morgan fingerprint density at radius 2 is 2.33 bits per heavy atom. The summed E-state index contributed by atoms with van der Waals surface area (Å²) in [4.78, 5) is 11.2. The molecule has 3 N–H and O–H groups in total. The van der Waals surface area contributed by atoms with Crippen molar-refractivity contribution in [1.82, 2.24) is 10.6 Å². The van der Waals surface area contributed by atoms with E-state index >= 15 is 0 Å². The van der Waals surface area contributed by atoms with Gasteiger partial charge in [-0.3, -0.25) is 4.79 Å². The summed E-state index contributed by atoms with van der Waals surface area (Å²) in [6.45, 7) is 7.42. The summed E-state index contributed by atoms with van der Waals surface area (Å²) >= 11 is 0. The Balaban J connectivity index is 3.27. The monoisotopic (exact) mass is 214 g/mol. The normalized spacial score (nSPS) is 12.1. The van der Waals surface area contributed by atoms with E-state index < -0.39 is 0 Å². The van der Waals surface area contributed by atoms with Gasteiger partial charge in [0.15, 0.2) is 0 Å². The number of amides is 1. The maximum absolute atomic E-state index is 11.2. The van der Waals surface area contributed by atoms with Gasteiger partial charge in [-0.05, 0) is 18.8 Å². The third-order valence-electron chi connectivity index (χ3n) is 2.08. The van der Waals surface area contributed by atoms with Crippen molar-refractivity contribution in [3.05, 3.63) is 12.7 Å². The number of hydrogen-bond acceptors (Lipinski definition) is 3. The van der Waals surface area contributed by atoms with Crippen LogP contribution in [0, 0.1) is 5.92 Å². The number of aliphatic hydroxyl groups is 1. The molecular formula is C11H22N2O2. The SMILES string of the molecule is C=CCNCC(=O)NCCCC(C)CO. The van der Waals surface area contributed by atoms with Crippen molar-refractivity contribution >= 4 is 5.91 Å². The van der Waals surface area contributed by atoms with E-state index in [1.165, 1.54) is 0 Å². The van der Waals surface area contributed by atoms with E-state index in [1.54, 1.807) is 6.08 Å². The highest BCUT2D eigenvalue weighted by Gasteiger charge is 2.01. The van der Waals surface area contributed by atoms with Crippen LogP contribution >= 0.6 is 0 Å². The zero-order valence-corrected chi connectivity index (χ0v) is 9.46. The molecule has 0 radical (unpaired) electrons. The molecule has 0 aromatic heterocycles. The van der Waals surface area contributed by atoms with Crippen molar-refractivity contribution in [2.45, 2.75) is 19.8 Å². The van der Waals surface area contributed by atoms with Crippen molar-refractivity contribution < 1.29 is 9.90 Å². The summed E-state index contributed by atoms with van der Waals surface area (Å²) in [6.07, 6.45) is 3.57. The van der Waals surface area contributed by atoms with Crippen LogP contribution in [0.25, 0.3) is 0 Å². The number of hydrogen-bond donors (Lipinski definition) is 3. The first kappa shape index (κ1) is 14.1. The Morgan fingerprint density at radius 1 is 1.60 bits per heavy atom. The summed E-state index contributed by atoms with van der Waals surface area (Å²) in [6, 6.07) is 0. The molecule has 0 aliphatic heterocycles. The highest BCUT2D eigenvalue weighted by Crippen LogP contribution is 2.02. The summed E-state index contributed by atoms with van der Waals surface area (Å²) in [5.41, 5.74) is 0. The van der Waals surface area contributed by atoms with Crippen LogP contribution < -0.4 is 10.6 Å².